The molecule has 2 aliphatic heterocycles. The van der Waals surface area contributed by atoms with Gasteiger partial charge >= 0.3 is 0 Å². The lowest BCUT2D eigenvalue weighted by Crippen LogP contribution is -2.42. The van der Waals surface area contributed by atoms with Crippen molar-refractivity contribution in [2.45, 2.75) is 46.2 Å². The number of anilines is 1. The van der Waals surface area contributed by atoms with E-state index in [1.165, 1.54) is 29.7 Å². The zero-order valence-corrected chi connectivity index (χ0v) is 18.9. The number of imidazole rings is 1. The molecular formula is C22H23FN6O2S. The second kappa shape index (κ2) is 7.77. The Kier molecular flexibility index (Phi) is 5.04. The van der Waals surface area contributed by atoms with E-state index in [0.717, 1.165) is 12.1 Å². The third kappa shape index (κ3) is 3.29. The molecule has 166 valence electrons. The van der Waals surface area contributed by atoms with E-state index in [1.54, 1.807) is 16.7 Å². The Bertz CT molecular complexity index is 1240. The molecule has 3 aromatic rings. The molecular weight excluding hydrogens is 431 g/mol. The van der Waals surface area contributed by atoms with Crippen molar-refractivity contribution in [2.75, 3.05) is 18.0 Å². The largest absolute Gasteiger partial charge is 0.328 e. The maximum atomic E-state index is 13.6. The van der Waals surface area contributed by atoms with Crippen LogP contribution < -0.4 is 4.90 Å². The fourth-order valence-corrected chi connectivity index (χ4v) is 5.23. The molecule has 0 unspecified atom stereocenters. The Morgan fingerprint density at radius 2 is 2.00 bits per heavy atom. The number of carbonyl (C=O) groups is 2. The average Bonchev–Trinajstić information content (AvgIpc) is 3.46. The van der Waals surface area contributed by atoms with Crippen LogP contribution in [0, 0.1) is 19.7 Å². The van der Waals surface area contributed by atoms with Crippen molar-refractivity contribution in [3.63, 3.8) is 0 Å². The number of aromatic nitrogens is 4. The monoisotopic (exact) mass is 454 g/mol. The third-order valence-electron chi connectivity index (χ3n) is 6.14. The minimum atomic E-state index is -0.365. The van der Waals surface area contributed by atoms with Crippen LogP contribution in [0.3, 0.4) is 0 Å². The number of hydrogen-bond donors (Lipinski definition) is 0. The van der Waals surface area contributed by atoms with Gasteiger partial charge in [-0.1, -0.05) is 0 Å². The van der Waals surface area contributed by atoms with Crippen molar-refractivity contribution in [1.29, 1.82) is 0 Å². The third-order valence-corrected chi connectivity index (χ3v) is 6.95. The van der Waals surface area contributed by atoms with E-state index >= 15 is 0 Å². The lowest BCUT2D eigenvalue weighted by atomic mass is 10.0. The molecule has 1 saturated heterocycles. The highest BCUT2D eigenvalue weighted by Gasteiger charge is 2.38. The highest BCUT2D eigenvalue weighted by molar-refractivity contribution is 7.09. The number of carbonyl (C=O) groups excluding carboxylic acids is 2. The summed E-state index contributed by atoms with van der Waals surface area (Å²) in [5.74, 6) is 1.46. The van der Waals surface area contributed by atoms with Crippen molar-refractivity contribution in [2.24, 2.45) is 0 Å². The number of aryl methyl sites for hydroxylation is 2. The summed E-state index contributed by atoms with van der Waals surface area (Å²) in [5.41, 5.74) is 1.90. The van der Waals surface area contributed by atoms with Crippen molar-refractivity contribution in [3.05, 3.63) is 46.7 Å². The predicted molar refractivity (Wildman–Crippen MR) is 118 cm³/mol. The molecule has 4 heterocycles. The second-order valence-corrected chi connectivity index (χ2v) is 8.98. The molecule has 1 aromatic carbocycles. The van der Waals surface area contributed by atoms with Crippen LogP contribution in [-0.2, 0) is 11.3 Å². The number of halogens is 1. The summed E-state index contributed by atoms with van der Waals surface area (Å²) in [4.78, 5) is 38.8. The number of amides is 2. The van der Waals surface area contributed by atoms with E-state index < -0.39 is 0 Å². The van der Waals surface area contributed by atoms with Gasteiger partial charge in [0.15, 0.2) is 16.6 Å². The summed E-state index contributed by atoms with van der Waals surface area (Å²) in [6.07, 6.45) is 1.27. The number of nitrogens with zero attached hydrogens (tertiary/aromatic N) is 6. The Labute approximate surface area is 188 Å². The number of hydrogen-bond acceptors (Lipinski definition) is 6. The minimum Gasteiger partial charge on any atom is -0.328 e. The van der Waals surface area contributed by atoms with Crippen LogP contribution in [0.4, 0.5) is 10.2 Å². The highest BCUT2D eigenvalue weighted by Crippen LogP contribution is 2.39. The SMILES string of the molecule is Cc1nsc(-c2nc(N3CCCC3=O)c3n2CCN(C(=O)c2ccc(F)cc2C)[C@@H]3C)n1. The van der Waals surface area contributed by atoms with Gasteiger partial charge in [-0.05, 0) is 62.5 Å². The molecule has 32 heavy (non-hydrogen) atoms. The van der Waals surface area contributed by atoms with Gasteiger partial charge in [-0.25, -0.2) is 14.4 Å². The topological polar surface area (TPSA) is 84.2 Å². The van der Waals surface area contributed by atoms with Crippen LogP contribution in [0.15, 0.2) is 18.2 Å². The van der Waals surface area contributed by atoms with Crippen molar-refractivity contribution in [1.82, 2.24) is 23.8 Å². The van der Waals surface area contributed by atoms with Gasteiger partial charge in [0.1, 0.15) is 11.6 Å². The maximum absolute atomic E-state index is 13.6. The van der Waals surface area contributed by atoms with Crippen LogP contribution in [0.25, 0.3) is 10.8 Å². The van der Waals surface area contributed by atoms with Gasteiger partial charge in [0.25, 0.3) is 5.91 Å². The average molecular weight is 455 g/mol. The van der Waals surface area contributed by atoms with Crippen molar-refractivity contribution >= 4 is 29.2 Å². The lowest BCUT2D eigenvalue weighted by molar-refractivity contribution is -0.117. The molecule has 2 aromatic heterocycles. The van der Waals surface area contributed by atoms with E-state index in [-0.39, 0.29) is 23.7 Å². The molecule has 1 fully saturated rings. The van der Waals surface area contributed by atoms with Gasteiger partial charge in [-0.2, -0.15) is 4.37 Å². The van der Waals surface area contributed by atoms with Crippen molar-refractivity contribution in [3.8, 4) is 10.8 Å². The molecule has 0 spiro atoms. The first-order chi connectivity index (χ1) is 15.3. The zero-order valence-electron chi connectivity index (χ0n) is 18.1. The summed E-state index contributed by atoms with van der Waals surface area (Å²) in [5, 5.41) is 0.697. The Balaban J connectivity index is 1.59. The molecule has 1 atom stereocenters. The summed E-state index contributed by atoms with van der Waals surface area (Å²) in [6.45, 7) is 7.11. The molecule has 8 nitrogen and oxygen atoms in total. The Morgan fingerprint density at radius 3 is 2.66 bits per heavy atom. The smallest absolute Gasteiger partial charge is 0.254 e. The predicted octanol–water partition coefficient (Wildman–Crippen LogP) is 3.50. The molecule has 0 saturated carbocycles. The quantitative estimate of drug-likeness (QED) is 0.605. The first-order valence-corrected chi connectivity index (χ1v) is 11.4. The van der Waals surface area contributed by atoms with Gasteiger partial charge in [0, 0.05) is 31.6 Å². The van der Waals surface area contributed by atoms with Gasteiger partial charge < -0.3 is 9.47 Å². The molecule has 2 amide bonds. The van der Waals surface area contributed by atoms with Crippen LogP contribution >= 0.6 is 11.5 Å². The highest BCUT2D eigenvalue weighted by atomic mass is 32.1. The fourth-order valence-electron chi connectivity index (χ4n) is 4.56. The molecule has 0 radical (unpaired) electrons. The molecule has 0 N–H and O–H groups in total. The van der Waals surface area contributed by atoms with E-state index in [0.29, 0.717) is 59.7 Å². The number of fused-ring (bicyclic) bond motifs is 1. The van der Waals surface area contributed by atoms with Crippen LogP contribution in [0.5, 0.6) is 0 Å². The standard InChI is InChI=1S/C22H23FN6O2S/c1-12-11-15(23)6-7-16(12)22(31)27-9-10-29-18(13(27)2)19(28-8-4-5-17(28)30)25-20(29)21-24-14(3)26-32-21/h6-7,11,13H,4-5,8-10H2,1-3H3/t13-/m1/s1. The zero-order chi connectivity index (χ0) is 22.6. The second-order valence-electron chi connectivity index (χ2n) is 8.23. The van der Waals surface area contributed by atoms with E-state index in [2.05, 4.69) is 13.9 Å². The molecule has 10 heteroatoms. The van der Waals surface area contributed by atoms with Gasteiger partial charge in [0.2, 0.25) is 5.91 Å². The van der Waals surface area contributed by atoms with Gasteiger partial charge in [-0.15, -0.1) is 0 Å². The lowest BCUT2D eigenvalue weighted by Gasteiger charge is -2.36. The summed E-state index contributed by atoms with van der Waals surface area (Å²) >= 11 is 1.28. The van der Waals surface area contributed by atoms with Crippen molar-refractivity contribution < 1.29 is 14.0 Å². The fraction of sp³-hybridized carbons (Fsp3) is 0.409. The van der Waals surface area contributed by atoms with E-state index in [4.69, 9.17) is 4.98 Å². The van der Waals surface area contributed by atoms with E-state index in [9.17, 15) is 14.0 Å². The first kappa shape index (κ1) is 20.7. The Morgan fingerprint density at radius 1 is 1.19 bits per heavy atom. The molecule has 0 aliphatic carbocycles. The van der Waals surface area contributed by atoms with Crippen LogP contribution in [-0.4, -0.2) is 48.7 Å². The van der Waals surface area contributed by atoms with Gasteiger partial charge in [0.05, 0.1) is 11.7 Å². The minimum absolute atomic E-state index is 0.0379. The maximum Gasteiger partial charge on any atom is 0.254 e. The van der Waals surface area contributed by atoms with Crippen LogP contribution in [0.1, 0.15) is 53.2 Å². The summed E-state index contributed by atoms with van der Waals surface area (Å²) in [7, 11) is 0. The molecule has 5 rings (SSSR count). The summed E-state index contributed by atoms with van der Waals surface area (Å²) < 4.78 is 19.9. The normalized spacial score (nSPS) is 18.4. The van der Waals surface area contributed by atoms with Gasteiger partial charge in [-0.3, -0.25) is 14.5 Å². The van der Waals surface area contributed by atoms with Crippen LogP contribution in [0.2, 0.25) is 0 Å². The number of rotatable bonds is 3. The molecule has 2 aliphatic rings. The molecule has 0 bridgehead atoms. The van der Waals surface area contributed by atoms with E-state index in [1.807, 2.05) is 13.8 Å². The number of benzene rings is 1. The summed E-state index contributed by atoms with van der Waals surface area (Å²) in [6, 6.07) is 3.89. The first-order valence-electron chi connectivity index (χ1n) is 10.6. The Hall–Kier alpha value is -3.14.